The second-order valence-electron chi connectivity index (χ2n) is 8.13. The molecule has 0 spiro atoms. The molecule has 0 saturated carbocycles. The van der Waals surface area contributed by atoms with Gasteiger partial charge in [-0.25, -0.2) is 4.79 Å². The Balaban J connectivity index is 1.60. The van der Waals surface area contributed by atoms with Crippen LogP contribution in [0.4, 0.5) is 4.79 Å². The minimum absolute atomic E-state index is 0.0400. The average Bonchev–Trinajstić information content (AvgIpc) is 3.09. The van der Waals surface area contributed by atoms with Crippen LogP contribution >= 0.6 is 0 Å². The van der Waals surface area contributed by atoms with E-state index >= 15 is 0 Å². The van der Waals surface area contributed by atoms with Crippen molar-refractivity contribution in [2.24, 2.45) is 5.41 Å². The normalized spacial score (nSPS) is 15.2. The molecule has 2 atom stereocenters. The first kappa shape index (κ1) is 22.3. The number of ether oxygens (including phenoxy) is 1. The van der Waals surface area contributed by atoms with E-state index in [0.717, 1.165) is 22.3 Å². The lowest BCUT2D eigenvalue weighted by atomic mass is 9.86. The van der Waals surface area contributed by atoms with Crippen LogP contribution in [-0.4, -0.2) is 42.3 Å². The highest BCUT2D eigenvalue weighted by Gasteiger charge is 2.34. The fourth-order valence-electron chi connectivity index (χ4n) is 3.72. The van der Waals surface area contributed by atoms with Crippen LogP contribution < -0.4 is 10.6 Å². The molecule has 1 aliphatic carbocycles. The van der Waals surface area contributed by atoms with Crippen molar-refractivity contribution >= 4 is 18.0 Å². The maximum Gasteiger partial charge on any atom is 0.407 e. The van der Waals surface area contributed by atoms with E-state index in [4.69, 9.17) is 9.84 Å². The smallest absolute Gasteiger partial charge is 0.407 e. The van der Waals surface area contributed by atoms with Gasteiger partial charge in [-0.3, -0.25) is 9.59 Å². The predicted octanol–water partition coefficient (Wildman–Crippen LogP) is 3.53. The van der Waals surface area contributed by atoms with E-state index in [1.807, 2.05) is 43.3 Å². The molecule has 164 valence electrons. The first-order valence-corrected chi connectivity index (χ1v) is 10.4. The summed E-state index contributed by atoms with van der Waals surface area (Å²) in [5.74, 6) is -1.59. The van der Waals surface area contributed by atoms with Gasteiger partial charge < -0.3 is 20.5 Å². The van der Waals surface area contributed by atoms with Crippen molar-refractivity contribution in [2.75, 3.05) is 13.2 Å². The van der Waals surface area contributed by atoms with Gasteiger partial charge in [0, 0.05) is 12.5 Å². The Morgan fingerprint density at radius 1 is 1.06 bits per heavy atom. The van der Waals surface area contributed by atoms with Crippen LogP contribution in [0.3, 0.4) is 0 Å². The summed E-state index contributed by atoms with van der Waals surface area (Å²) < 4.78 is 5.50. The van der Waals surface area contributed by atoms with Crippen LogP contribution in [0.5, 0.6) is 0 Å². The maximum atomic E-state index is 12.5. The molecule has 7 nitrogen and oxygen atoms in total. The molecule has 3 rings (SSSR count). The van der Waals surface area contributed by atoms with Crippen molar-refractivity contribution < 1.29 is 24.2 Å². The van der Waals surface area contributed by atoms with Crippen LogP contribution in [0.15, 0.2) is 48.5 Å². The Labute approximate surface area is 181 Å². The number of hydrogen-bond acceptors (Lipinski definition) is 4. The highest BCUT2D eigenvalue weighted by atomic mass is 16.5. The summed E-state index contributed by atoms with van der Waals surface area (Å²) in [4.78, 5) is 35.9. The third kappa shape index (κ3) is 4.71. The molecule has 0 aliphatic heterocycles. The molecule has 2 aromatic carbocycles. The van der Waals surface area contributed by atoms with Gasteiger partial charge in [0.2, 0.25) is 5.91 Å². The molecule has 0 saturated heterocycles. The summed E-state index contributed by atoms with van der Waals surface area (Å²) in [6.45, 7) is 5.11. The molecular formula is C24H28N2O5. The van der Waals surface area contributed by atoms with Crippen molar-refractivity contribution in [3.8, 4) is 11.1 Å². The number of fused-ring (bicyclic) bond motifs is 3. The number of carboxylic acid groups (broad SMARTS) is 1. The second kappa shape index (κ2) is 9.20. The zero-order valence-corrected chi connectivity index (χ0v) is 18.0. The van der Waals surface area contributed by atoms with Gasteiger partial charge in [-0.1, -0.05) is 55.5 Å². The van der Waals surface area contributed by atoms with Gasteiger partial charge in [-0.05, 0) is 42.5 Å². The van der Waals surface area contributed by atoms with Gasteiger partial charge in [0.15, 0.2) is 0 Å². The number of alkyl carbamates (subject to hydrolysis) is 1. The summed E-state index contributed by atoms with van der Waals surface area (Å²) in [7, 11) is 0. The Hall–Kier alpha value is -3.35. The van der Waals surface area contributed by atoms with Crippen LogP contribution in [0.1, 0.15) is 44.2 Å². The van der Waals surface area contributed by atoms with Crippen LogP contribution in [0.25, 0.3) is 11.1 Å². The number of benzene rings is 2. The summed E-state index contributed by atoms with van der Waals surface area (Å²) in [6, 6.07) is 15.2. The van der Waals surface area contributed by atoms with E-state index < -0.39 is 29.4 Å². The molecule has 0 aromatic heterocycles. The Morgan fingerprint density at radius 3 is 2.13 bits per heavy atom. The zero-order valence-electron chi connectivity index (χ0n) is 18.0. The van der Waals surface area contributed by atoms with Crippen molar-refractivity contribution in [1.82, 2.24) is 10.6 Å². The predicted molar refractivity (Wildman–Crippen MR) is 117 cm³/mol. The lowest BCUT2D eigenvalue weighted by Gasteiger charge is -2.28. The number of amides is 2. The van der Waals surface area contributed by atoms with Gasteiger partial charge in [0.05, 0.1) is 5.41 Å². The number of hydrogen-bond donors (Lipinski definition) is 3. The summed E-state index contributed by atoms with van der Waals surface area (Å²) in [5, 5.41) is 14.1. The summed E-state index contributed by atoms with van der Waals surface area (Å²) >= 11 is 0. The number of carbonyl (C=O) groups is 3. The Kier molecular flexibility index (Phi) is 6.63. The lowest BCUT2D eigenvalue weighted by molar-refractivity contribution is -0.143. The third-order valence-corrected chi connectivity index (χ3v) is 6.01. The van der Waals surface area contributed by atoms with Crippen LogP contribution in [0.2, 0.25) is 0 Å². The van der Waals surface area contributed by atoms with Gasteiger partial charge >= 0.3 is 12.1 Å². The van der Waals surface area contributed by atoms with Crippen molar-refractivity contribution in [3.63, 3.8) is 0 Å². The molecule has 0 radical (unpaired) electrons. The number of carboxylic acids is 1. The molecule has 31 heavy (non-hydrogen) atoms. The van der Waals surface area contributed by atoms with Crippen LogP contribution in [-0.2, 0) is 14.3 Å². The van der Waals surface area contributed by atoms with Gasteiger partial charge in [0.1, 0.15) is 12.6 Å². The van der Waals surface area contributed by atoms with E-state index in [9.17, 15) is 14.4 Å². The maximum absolute atomic E-state index is 12.5. The Morgan fingerprint density at radius 2 is 1.61 bits per heavy atom. The van der Waals surface area contributed by atoms with E-state index in [2.05, 4.69) is 22.8 Å². The van der Waals surface area contributed by atoms with Gasteiger partial charge in [0.25, 0.3) is 0 Å². The standard InChI is InChI=1S/C24H28N2O5/c1-4-24(3,22(29)26-15(2)21(27)28)14-25-23(30)31-13-20-18-11-7-5-9-16(18)17-10-6-8-12-19(17)20/h5-12,15,20H,4,13-14H2,1-3H3,(H,25,30)(H,26,29)(H,27,28)/t15-,24?/m0/s1. The number of aliphatic carboxylic acids is 1. The molecule has 1 unspecified atom stereocenters. The van der Waals surface area contributed by atoms with E-state index in [1.54, 1.807) is 6.92 Å². The SMILES string of the molecule is CCC(C)(CNC(=O)OCC1c2ccccc2-c2ccccc21)C(=O)N[C@@H](C)C(=O)O. The summed E-state index contributed by atoms with van der Waals surface area (Å²) in [6.07, 6.45) is -0.185. The van der Waals surface area contributed by atoms with E-state index in [1.165, 1.54) is 6.92 Å². The molecule has 0 heterocycles. The number of carbonyl (C=O) groups excluding carboxylic acids is 2. The van der Waals surface area contributed by atoms with Crippen LogP contribution in [0, 0.1) is 5.41 Å². The van der Waals surface area contributed by atoms with E-state index in [0.29, 0.717) is 6.42 Å². The molecule has 0 bridgehead atoms. The summed E-state index contributed by atoms with van der Waals surface area (Å²) in [5.41, 5.74) is 3.59. The molecule has 1 aliphatic rings. The monoisotopic (exact) mass is 424 g/mol. The molecule has 0 fully saturated rings. The highest BCUT2D eigenvalue weighted by Crippen LogP contribution is 2.44. The average molecular weight is 424 g/mol. The van der Waals surface area contributed by atoms with Crippen molar-refractivity contribution in [2.45, 2.75) is 39.2 Å². The topological polar surface area (TPSA) is 105 Å². The molecular weight excluding hydrogens is 396 g/mol. The molecule has 3 N–H and O–H groups in total. The molecule has 2 aromatic rings. The van der Waals surface area contributed by atoms with E-state index in [-0.39, 0.29) is 19.1 Å². The highest BCUT2D eigenvalue weighted by molar-refractivity contribution is 5.87. The van der Waals surface area contributed by atoms with Gasteiger partial charge in [-0.2, -0.15) is 0 Å². The molecule has 7 heteroatoms. The minimum Gasteiger partial charge on any atom is -0.480 e. The fourth-order valence-corrected chi connectivity index (χ4v) is 3.72. The first-order chi connectivity index (χ1) is 14.8. The number of rotatable bonds is 8. The second-order valence-corrected chi connectivity index (χ2v) is 8.13. The third-order valence-electron chi connectivity index (χ3n) is 6.01. The van der Waals surface area contributed by atoms with Crippen molar-refractivity contribution in [3.05, 3.63) is 59.7 Å². The largest absolute Gasteiger partial charge is 0.480 e. The lowest BCUT2D eigenvalue weighted by Crippen LogP contribution is -2.50. The van der Waals surface area contributed by atoms with Crippen molar-refractivity contribution in [1.29, 1.82) is 0 Å². The fraction of sp³-hybridized carbons (Fsp3) is 0.375. The minimum atomic E-state index is -1.11. The Bertz CT molecular complexity index is 944. The molecule has 2 amide bonds. The zero-order chi connectivity index (χ0) is 22.6. The van der Waals surface area contributed by atoms with Gasteiger partial charge in [-0.15, -0.1) is 0 Å². The first-order valence-electron chi connectivity index (χ1n) is 10.4. The number of nitrogens with one attached hydrogen (secondary N) is 2. The quantitative estimate of drug-likeness (QED) is 0.601.